The molecule has 1 amide bonds. The van der Waals surface area contributed by atoms with Crippen LogP contribution >= 0.6 is 11.8 Å². The molecule has 5 nitrogen and oxygen atoms in total. The van der Waals surface area contributed by atoms with Crippen molar-refractivity contribution in [1.82, 2.24) is 0 Å². The molecule has 2 N–H and O–H groups in total. The molecule has 0 saturated heterocycles. The molecule has 0 atom stereocenters. The van der Waals surface area contributed by atoms with Crippen LogP contribution in [0, 0.1) is 13.8 Å². The SMILES string of the molecule is Cc1cccc(C)c1NC(=O)CSc1ccc(NS(=O)(=O)c2ccccc2)cc1. The number of carbonyl (C=O) groups is 1. The van der Waals surface area contributed by atoms with E-state index in [4.69, 9.17) is 0 Å². The molecule has 0 radical (unpaired) electrons. The molecule has 0 aliphatic heterocycles. The predicted molar refractivity (Wildman–Crippen MR) is 119 cm³/mol. The third-order valence-corrected chi connectivity index (χ3v) is 6.68. The van der Waals surface area contributed by atoms with E-state index in [2.05, 4.69) is 10.0 Å². The van der Waals surface area contributed by atoms with Crippen molar-refractivity contribution in [2.45, 2.75) is 23.6 Å². The van der Waals surface area contributed by atoms with Crippen LogP contribution in [0.25, 0.3) is 0 Å². The van der Waals surface area contributed by atoms with Gasteiger partial charge in [-0.25, -0.2) is 8.42 Å². The largest absolute Gasteiger partial charge is 0.325 e. The van der Waals surface area contributed by atoms with Crippen LogP contribution in [0.4, 0.5) is 11.4 Å². The number of nitrogens with one attached hydrogen (secondary N) is 2. The third-order valence-electron chi connectivity index (χ3n) is 4.28. The van der Waals surface area contributed by atoms with E-state index in [1.165, 1.54) is 11.8 Å². The Morgan fingerprint density at radius 3 is 2.10 bits per heavy atom. The Hall–Kier alpha value is -2.77. The van der Waals surface area contributed by atoms with Gasteiger partial charge in [0.1, 0.15) is 0 Å². The minimum absolute atomic E-state index is 0.0822. The maximum atomic E-state index is 12.4. The molecule has 0 aliphatic rings. The van der Waals surface area contributed by atoms with Crippen LogP contribution in [-0.2, 0) is 14.8 Å². The second kappa shape index (κ2) is 9.15. The maximum absolute atomic E-state index is 12.4. The molecule has 0 saturated carbocycles. The Bertz CT molecular complexity index is 1080. The average Bonchev–Trinajstić information content (AvgIpc) is 2.71. The number of hydrogen-bond donors (Lipinski definition) is 2. The van der Waals surface area contributed by atoms with Crippen LogP contribution in [-0.4, -0.2) is 20.1 Å². The molecule has 150 valence electrons. The number of para-hydroxylation sites is 1. The highest BCUT2D eigenvalue weighted by molar-refractivity contribution is 8.00. The van der Waals surface area contributed by atoms with E-state index in [0.29, 0.717) is 5.69 Å². The fourth-order valence-electron chi connectivity index (χ4n) is 2.77. The van der Waals surface area contributed by atoms with Gasteiger partial charge in [0.15, 0.2) is 0 Å². The first-order valence-corrected chi connectivity index (χ1v) is 11.5. The Labute approximate surface area is 175 Å². The summed E-state index contributed by atoms with van der Waals surface area (Å²) in [5, 5.41) is 2.96. The molecular formula is C22H22N2O3S2. The Morgan fingerprint density at radius 2 is 1.48 bits per heavy atom. The first kappa shape index (κ1) is 21.0. The van der Waals surface area contributed by atoms with Crippen LogP contribution in [0.3, 0.4) is 0 Å². The lowest BCUT2D eigenvalue weighted by Gasteiger charge is -2.11. The molecule has 0 spiro atoms. The van der Waals surface area contributed by atoms with Crippen molar-refractivity contribution in [3.8, 4) is 0 Å². The topological polar surface area (TPSA) is 75.3 Å². The molecule has 0 aliphatic carbocycles. The summed E-state index contributed by atoms with van der Waals surface area (Å²) in [5.41, 5.74) is 3.37. The lowest BCUT2D eigenvalue weighted by molar-refractivity contribution is -0.113. The summed E-state index contributed by atoms with van der Waals surface area (Å²) in [6.07, 6.45) is 0. The highest BCUT2D eigenvalue weighted by Gasteiger charge is 2.13. The summed E-state index contributed by atoms with van der Waals surface area (Å²) in [5.74, 6) is 0.185. The van der Waals surface area contributed by atoms with E-state index in [9.17, 15) is 13.2 Å². The van der Waals surface area contributed by atoms with E-state index in [-0.39, 0.29) is 16.6 Å². The Balaban J connectivity index is 1.57. The van der Waals surface area contributed by atoms with Gasteiger partial charge >= 0.3 is 0 Å². The number of hydrogen-bond acceptors (Lipinski definition) is 4. The molecule has 0 fully saturated rings. The molecular weight excluding hydrogens is 404 g/mol. The van der Waals surface area contributed by atoms with Crippen molar-refractivity contribution < 1.29 is 13.2 Å². The van der Waals surface area contributed by atoms with E-state index in [0.717, 1.165) is 21.7 Å². The van der Waals surface area contributed by atoms with Gasteiger partial charge in [0.2, 0.25) is 5.91 Å². The van der Waals surface area contributed by atoms with Crippen molar-refractivity contribution in [3.05, 3.63) is 83.9 Å². The normalized spacial score (nSPS) is 11.1. The summed E-state index contributed by atoms with van der Waals surface area (Å²) in [6, 6.07) is 21.1. The van der Waals surface area contributed by atoms with Gasteiger partial charge in [0.05, 0.1) is 10.6 Å². The standard InChI is InChI=1S/C22H22N2O3S2/c1-16-7-6-8-17(2)22(16)23-21(25)15-28-19-13-11-18(12-14-19)24-29(26,27)20-9-4-3-5-10-20/h3-14,24H,15H2,1-2H3,(H,23,25). The lowest BCUT2D eigenvalue weighted by atomic mass is 10.1. The zero-order valence-electron chi connectivity index (χ0n) is 16.2. The summed E-state index contributed by atoms with van der Waals surface area (Å²) in [4.78, 5) is 13.4. The van der Waals surface area contributed by atoms with Crippen LogP contribution in [0.5, 0.6) is 0 Å². The molecule has 3 aromatic carbocycles. The number of carbonyl (C=O) groups excluding carboxylic acids is 1. The number of aryl methyl sites for hydroxylation is 2. The minimum Gasteiger partial charge on any atom is -0.325 e. The molecule has 29 heavy (non-hydrogen) atoms. The zero-order chi connectivity index (χ0) is 20.9. The van der Waals surface area contributed by atoms with Crippen LogP contribution in [0.15, 0.2) is 82.6 Å². The molecule has 0 heterocycles. The maximum Gasteiger partial charge on any atom is 0.261 e. The summed E-state index contributed by atoms with van der Waals surface area (Å²) >= 11 is 1.39. The highest BCUT2D eigenvalue weighted by Crippen LogP contribution is 2.24. The lowest BCUT2D eigenvalue weighted by Crippen LogP contribution is -2.15. The second-order valence-corrected chi connectivity index (χ2v) is 9.28. The van der Waals surface area contributed by atoms with Crippen molar-refractivity contribution >= 4 is 39.1 Å². The number of anilines is 2. The smallest absolute Gasteiger partial charge is 0.261 e. The Morgan fingerprint density at radius 1 is 0.862 bits per heavy atom. The van der Waals surface area contributed by atoms with Crippen LogP contribution in [0.2, 0.25) is 0 Å². The molecule has 3 rings (SSSR count). The third kappa shape index (κ3) is 5.62. The predicted octanol–water partition coefficient (Wildman–Crippen LogP) is 4.84. The van der Waals surface area contributed by atoms with Gasteiger partial charge in [-0.1, -0.05) is 36.4 Å². The van der Waals surface area contributed by atoms with Crippen molar-refractivity contribution in [3.63, 3.8) is 0 Å². The quantitative estimate of drug-likeness (QED) is 0.531. The zero-order valence-corrected chi connectivity index (χ0v) is 17.8. The van der Waals surface area contributed by atoms with Gasteiger partial charge in [0.25, 0.3) is 10.0 Å². The molecule has 0 unspecified atom stereocenters. The molecule has 3 aromatic rings. The van der Waals surface area contributed by atoms with Gasteiger partial charge in [0, 0.05) is 16.3 Å². The average molecular weight is 427 g/mol. The summed E-state index contributed by atoms with van der Waals surface area (Å²) in [6.45, 7) is 3.93. The first-order valence-electron chi connectivity index (χ1n) is 9.02. The van der Waals surface area contributed by atoms with E-state index >= 15 is 0 Å². The van der Waals surface area contributed by atoms with Crippen molar-refractivity contribution in [2.24, 2.45) is 0 Å². The Kier molecular flexibility index (Phi) is 6.61. The number of amides is 1. The van der Waals surface area contributed by atoms with Gasteiger partial charge < -0.3 is 5.32 Å². The van der Waals surface area contributed by atoms with E-state index in [1.54, 1.807) is 54.6 Å². The monoisotopic (exact) mass is 426 g/mol. The fourth-order valence-corrected chi connectivity index (χ4v) is 4.55. The first-order chi connectivity index (χ1) is 13.8. The van der Waals surface area contributed by atoms with Gasteiger partial charge in [-0.3, -0.25) is 9.52 Å². The number of benzene rings is 3. The van der Waals surface area contributed by atoms with Crippen LogP contribution < -0.4 is 10.0 Å². The van der Waals surface area contributed by atoms with E-state index < -0.39 is 10.0 Å². The number of thioether (sulfide) groups is 1. The molecule has 0 bridgehead atoms. The van der Waals surface area contributed by atoms with Gasteiger partial charge in [-0.2, -0.15) is 0 Å². The second-order valence-electron chi connectivity index (χ2n) is 6.55. The highest BCUT2D eigenvalue weighted by atomic mass is 32.2. The molecule has 7 heteroatoms. The summed E-state index contributed by atoms with van der Waals surface area (Å²) in [7, 11) is -3.62. The van der Waals surface area contributed by atoms with Crippen molar-refractivity contribution in [1.29, 1.82) is 0 Å². The number of rotatable bonds is 7. The summed E-state index contributed by atoms with van der Waals surface area (Å²) < 4.78 is 27.3. The fraction of sp³-hybridized carbons (Fsp3) is 0.136. The van der Waals surface area contributed by atoms with Gasteiger partial charge in [-0.05, 0) is 61.4 Å². The number of sulfonamides is 1. The molecule has 0 aromatic heterocycles. The van der Waals surface area contributed by atoms with Crippen molar-refractivity contribution in [2.75, 3.05) is 15.8 Å². The minimum atomic E-state index is -3.62. The van der Waals surface area contributed by atoms with Gasteiger partial charge in [-0.15, -0.1) is 11.8 Å². The van der Waals surface area contributed by atoms with E-state index in [1.807, 2.05) is 32.0 Å². The van der Waals surface area contributed by atoms with Crippen LogP contribution in [0.1, 0.15) is 11.1 Å².